The number of aromatic nitrogens is 2. The Labute approximate surface area is 131 Å². The Morgan fingerprint density at radius 2 is 1.78 bits per heavy atom. The van der Waals surface area contributed by atoms with E-state index in [-0.39, 0.29) is 12.3 Å². The number of rotatable bonds is 5. The van der Waals surface area contributed by atoms with Crippen LogP contribution in [0, 0.1) is 0 Å². The van der Waals surface area contributed by atoms with Gasteiger partial charge in [-0.05, 0) is 12.1 Å². The molecule has 3 atom stereocenters. The van der Waals surface area contributed by atoms with Crippen molar-refractivity contribution in [3.8, 4) is 0 Å². The van der Waals surface area contributed by atoms with Gasteiger partial charge in [0.05, 0.1) is 30.1 Å². The number of para-hydroxylation sites is 1. The number of aromatic amines is 1. The molecule has 0 aliphatic carbocycles. The molecule has 7 nitrogen and oxygen atoms in total. The summed E-state index contributed by atoms with van der Waals surface area (Å²) in [5.41, 5.74) is 1.79. The molecule has 23 heavy (non-hydrogen) atoms. The smallest absolute Gasteiger partial charge is 0.126 e. The van der Waals surface area contributed by atoms with E-state index in [0.29, 0.717) is 11.2 Å². The molecule has 0 spiro atoms. The number of hydrogen-bond acceptors (Lipinski definition) is 6. The van der Waals surface area contributed by atoms with Gasteiger partial charge in [-0.3, -0.25) is 4.98 Å². The van der Waals surface area contributed by atoms with Gasteiger partial charge in [-0.2, -0.15) is 0 Å². The monoisotopic (exact) mass is 318 g/mol. The third-order valence-electron chi connectivity index (χ3n) is 3.92. The molecular formula is C16H18N2O5. The third kappa shape index (κ3) is 2.69. The van der Waals surface area contributed by atoms with Crippen LogP contribution in [0.25, 0.3) is 21.8 Å². The molecule has 7 heteroatoms. The highest BCUT2D eigenvalue weighted by molar-refractivity contribution is 6.08. The number of fused-ring (bicyclic) bond motifs is 3. The molecule has 0 fully saturated rings. The van der Waals surface area contributed by atoms with E-state index in [1.165, 1.54) is 0 Å². The largest absolute Gasteiger partial charge is 0.394 e. The van der Waals surface area contributed by atoms with Crippen LogP contribution in [0.15, 0.2) is 30.3 Å². The maximum atomic E-state index is 10.3. The van der Waals surface area contributed by atoms with Crippen LogP contribution < -0.4 is 0 Å². The Bertz CT molecular complexity index is 832. The molecule has 0 aliphatic rings. The van der Waals surface area contributed by atoms with E-state index < -0.39 is 24.9 Å². The molecule has 6 N–H and O–H groups in total. The molecule has 0 radical (unpaired) electrons. The summed E-state index contributed by atoms with van der Waals surface area (Å²) in [4.78, 5) is 7.30. The molecule has 0 amide bonds. The normalized spacial score (nSPS) is 15.9. The van der Waals surface area contributed by atoms with Gasteiger partial charge in [0.25, 0.3) is 0 Å². The van der Waals surface area contributed by atoms with Crippen molar-refractivity contribution < 1.29 is 25.5 Å². The van der Waals surface area contributed by atoms with Gasteiger partial charge in [0.2, 0.25) is 0 Å². The van der Waals surface area contributed by atoms with E-state index >= 15 is 0 Å². The first-order chi connectivity index (χ1) is 11.1. The number of aliphatic hydroxyl groups excluding tert-OH is 5. The molecule has 0 aliphatic heterocycles. The molecular weight excluding hydrogens is 300 g/mol. The van der Waals surface area contributed by atoms with E-state index in [1.807, 2.05) is 24.3 Å². The maximum Gasteiger partial charge on any atom is 0.126 e. The van der Waals surface area contributed by atoms with E-state index in [2.05, 4.69) is 9.97 Å². The Morgan fingerprint density at radius 1 is 1.04 bits per heavy atom. The predicted molar refractivity (Wildman–Crippen MR) is 83.6 cm³/mol. The molecule has 0 unspecified atom stereocenters. The van der Waals surface area contributed by atoms with E-state index in [1.54, 1.807) is 6.07 Å². The third-order valence-corrected chi connectivity index (χ3v) is 3.92. The summed E-state index contributed by atoms with van der Waals surface area (Å²) in [6.07, 6.45) is -4.61. The van der Waals surface area contributed by atoms with Gasteiger partial charge in [0, 0.05) is 16.3 Å². The second-order valence-corrected chi connectivity index (χ2v) is 5.44. The number of nitrogens with one attached hydrogen (secondary N) is 1. The summed E-state index contributed by atoms with van der Waals surface area (Å²) in [6.45, 7) is -1.01. The highest BCUT2D eigenvalue weighted by Gasteiger charge is 2.29. The van der Waals surface area contributed by atoms with Crippen LogP contribution in [-0.4, -0.2) is 54.3 Å². The van der Waals surface area contributed by atoms with Gasteiger partial charge in [-0.1, -0.05) is 18.2 Å². The lowest BCUT2D eigenvalue weighted by Crippen LogP contribution is -2.35. The van der Waals surface area contributed by atoms with Crippen molar-refractivity contribution in [3.05, 3.63) is 41.7 Å². The van der Waals surface area contributed by atoms with Gasteiger partial charge in [-0.25, -0.2) is 0 Å². The number of hydrogen-bond donors (Lipinski definition) is 6. The summed E-state index contributed by atoms with van der Waals surface area (Å²) in [5.74, 6) is 0. The first kappa shape index (κ1) is 15.9. The van der Waals surface area contributed by atoms with Crippen molar-refractivity contribution in [2.75, 3.05) is 6.61 Å². The molecule has 2 heterocycles. The molecule has 122 valence electrons. The Hall–Kier alpha value is -2.03. The average molecular weight is 318 g/mol. The van der Waals surface area contributed by atoms with E-state index in [0.717, 1.165) is 16.3 Å². The zero-order chi connectivity index (χ0) is 16.6. The first-order valence-corrected chi connectivity index (χ1v) is 7.23. The second kappa shape index (κ2) is 6.23. The van der Waals surface area contributed by atoms with Gasteiger partial charge < -0.3 is 30.5 Å². The molecule has 3 rings (SSSR count). The minimum absolute atomic E-state index is 0.114. The quantitative estimate of drug-likeness (QED) is 0.391. The minimum atomic E-state index is -1.60. The highest BCUT2D eigenvalue weighted by Crippen LogP contribution is 2.31. The second-order valence-electron chi connectivity index (χ2n) is 5.44. The van der Waals surface area contributed by atoms with Gasteiger partial charge in [0.15, 0.2) is 0 Å². The summed E-state index contributed by atoms with van der Waals surface area (Å²) in [6, 6.07) is 9.19. The zero-order valence-corrected chi connectivity index (χ0v) is 12.2. The molecule has 3 aromatic rings. The number of benzene rings is 1. The van der Waals surface area contributed by atoms with Crippen LogP contribution in [0.4, 0.5) is 0 Å². The lowest BCUT2D eigenvalue weighted by molar-refractivity contribution is -0.0785. The van der Waals surface area contributed by atoms with E-state index in [4.69, 9.17) is 5.11 Å². The van der Waals surface area contributed by atoms with Crippen LogP contribution in [0.5, 0.6) is 0 Å². The number of pyridine rings is 1. The highest BCUT2D eigenvalue weighted by atomic mass is 16.4. The van der Waals surface area contributed by atoms with Crippen molar-refractivity contribution in [1.82, 2.24) is 9.97 Å². The molecule has 1 aromatic carbocycles. The predicted octanol–water partition coefficient (Wildman–Crippen LogP) is -0.0441. The minimum Gasteiger partial charge on any atom is -0.394 e. The van der Waals surface area contributed by atoms with Crippen molar-refractivity contribution in [2.45, 2.75) is 24.9 Å². The fourth-order valence-electron chi connectivity index (χ4n) is 2.70. The summed E-state index contributed by atoms with van der Waals surface area (Å²) in [5, 5.41) is 49.8. The van der Waals surface area contributed by atoms with Crippen LogP contribution in [0.3, 0.4) is 0 Å². The standard InChI is InChI=1S/C16H18N2O5/c19-6-8-5-10-9-3-1-2-4-11(9)18-13(10)14(17-8)16(23)15(22)12(21)7-20/h1-5,12,15-16,18-23H,6-7H2/t12-,15-,16-/m0/s1. The molecule has 0 bridgehead atoms. The van der Waals surface area contributed by atoms with Crippen molar-refractivity contribution >= 4 is 21.8 Å². The summed E-state index contributed by atoms with van der Waals surface area (Å²) < 4.78 is 0. The summed E-state index contributed by atoms with van der Waals surface area (Å²) >= 11 is 0. The SMILES string of the molecule is OCc1cc2c([nH]c3ccccc32)c([C@H](O)[C@@H](O)[C@@H](O)CO)n1. The zero-order valence-electron chi connectivity index (χ0n) is 12.2. The molecule has 0 saturated heterocycles. The van der Waals surface area contributed by atoms with Crippen LogP contribution in [-0.2, 0) is 6.61 Å². The topological polar surface area (TPSA) is 130 Å². The average Bonchev–Trinajstić information content (AvgIpc) is 2.97. The van der Waals surface area contributed by atoms with Crippen molar-refractivity contribution in [3.63, 3.8) is 0 Å². The Kier molecular flexibility index (Phi) is 4.29. The first-order valence-electron chi connectivity index (χ1n) is 7.23. The maximum absolute atomic E-state index is 10.3. The van der Waals surface area contributed by atoms with Gasteiger partial charge >= 0.3 is 0 Å². The van der Waals surface area contributed by atoms with Gasteiger partial charge in [-0.15, -0.1) is 0 Å². The van der Waals surface area contributed by atoms with Gasteiger partial charge in [0.1, 0.15) is 18.3 Å². The van der Waals surface area contributed by atoms with E-state index in [9.17, 15) is 20.4 Å². The summed E-state index contributed by atoms with van der Waals surface area (Å²) in [7, 11) is 0. The Balaban J connectivity index is 2.22. The fourth-order valence-corrected chi connectivity index (χ4v) is 2.70. The van der Waals surface area contributed by atoms with Crippen LogP contribution in [0.1, 0.15) is 17.5 Å². The lowest BCUT2D eigenvalue weighted by Gasteiger charge is -2.21. The van der Waals surface area contributed by atoms with Crippen LogP contribution >= 0.6 is 0 Å². The van der Waals surface area contributed by atoms with Crippen molar-refractivity contribution in [2.24, 2.45) is 0 Å². The number of H-pyrrole nitrogens is 1. The number of aliphatic hydroxyl groups is 5. The lowest BCUT2D eigenvalue weighted by atomic mass is 10.0. The van der Waals surface area contributed by atoms with Crippen LogP contribution in [0.2, 0.25) is 0 Å². The molecule has 2 aromatic heterocycles. The Morgan fingerprint density at radius 3 is 2.48 bits per heavy atom. The molecule has 0 saturated carbocycles. The fraction of sp³-hybridized carbons (Fsp3) is 0.312. The number of nitrogens with zero attached hydrogens (tertiary/aromatic N) is 1. The van der Waals surface area contributed by atoms with Crippen molar-refractivity contribution in [1.29, 1.82) is 0 Å².